The first-order chi connectivity index (χ1) is 21.7. The summed E-state index contributed by atoms with van der Waals surface area (Å²) in [5, 5.41) is 3.53. The average Bonchev–Trinajstić information content (AvgIpc) is 3.05. The van der Waals surface area contributed by atoms with E-state index >= 15 is 0 Å². The van der Waals surface area contributed by atoms with Gasteiger partial charge in [0.05, 0.1) is 24.0 Å². The summed E-state index contributed by atoms with van der Waals surface area (Å²) in [4.78, 5) is 36.2. The van der Waals surface area contributed by atoms with Gasteiger partial charge in [-0.25, -0.2) is 4.99 Å². The van der Waals surface area contributed by atoms with Crippen molar-refractivity contribution in [2.24, 2.45) is 5.41 Å². The molecule has 45 heavy (non-hydrogen) atoms. The van der Waals surface area contributed by atoms with Crippen LogP contribution in [-0.2, 0) is 0 Å². The number of anilines is 2. The molecule has 1 fully saturated rings. The van der Waals surface area contributed by atoms with Gasteiger partial charge in [0.2, 0.25) is 17.6 Å². The first-order valence-corrected chi connectivity index (χ1v) is 15.7. The summed E-state index contributed by atoms with van der Waals surface area (Å²) in [7, 11) is 1.71. The zero-order valence-corrected chi connectivity index (χ0v) is 26.3. The van der Waals surface area contributed by atoms with Gasteiger partial charge < -0.3 is 19.7 Å². The van der Waals surface area contributed by atoms with Crippen LogP contribution < -0.4 is 24.7 Å². The number of piperazine rings is 1. The Kier molecular flexibility index (Phi) is 7.32. The molecule has 8 nitrogen and oxygen atoms in total. The van der Waals surface area contributed by atoms with Gasteiger partial charge in [-0.2, -0.15) is 0 Å². The maximum atomic E-state index is 14.0. The summed E-state index contributed by atoms with van der Waals surface area (Å²) in [6, 6.07) is 17.1. The quantitative estimate of drug-likeness (QED) is 0.343. The Morgan fingerprint density at radius 1 is 0.933 bits per heavy atom. The number of rotatable bonds is 6. The average molecular weight is 604 g/mol. The van der Waals surface area contributed by atoms with E-state index in [0.29, 0.717) is 45.9 Å². The van der Waals surface area contributed by atoms with E-state index in [4.69, 9.17) is 9.47 Å². The number of benzene rings is 3. The highest BCUT2D eigenvalue weighted by atomic mass is 16.5. The molecule has 1 atom stereocenters. The third-order valence-electron chi connectivity index (χ3n) is 9.17. The van der Waals surface area contributed by atoms with Gasteiger partial charge in [0.1, 0.15) is 11.3 Å². The molecule has 0 spiro atoms. The number of hydrogen-bond donors (Lipinski definition) is 2. The van der Waals surface area contributed by atoms with Gasteiger partial charge in [-0.15, -0.1) is 0 Å². The van der Waals surface area contributed by atoms with Crippen LogP contribution in [-0.4, -0.2) is 74.7 Å². The molecule has 0 amide bonds. The molecule has 2 aliphatic heterocycles. The second kappa shape index (κ2) is 11.3. The van der Waals surface area contributed by atoms with E-state index in [-0.39, 0.29) is 23.1 Å². The minimum Gasteiger partial charge on any atom is -0.495 e. The molecule has 7 rings (SSSR count). The summed E-state index contributed by atoms with van der Waals surface area (Å²) in [6.07, 6.45) is 5.94. The van der Waals surface area contributed by atoms with E-state index in [0.717, 1.165) is 49.9 Å². The van der Waals surface area contributed by atoms with Crippen LogP contribution in [0.3, 0.4) is 0 Å². The number of ether oxygens (including phenoxy) is 2. The Labute approximate surface area is 264 Å². The summed E-state index contributed by atoms with van der Waals surface area (Å²) in [5.41, 5.74) is 5.93. The van der Waals surface area contributed by atoms with Crippen LogP contribution in [0.15, 0.2) is 78.4 Å². The first kappa shape index (κ1) is 29.0. The monoisotopic (exact) mass is 603 g/mol. The standard InChI is InChI=1S/C37H38N4O4/c1-37(2,3)23-13-14-26-30(21-23)45-31-22-27(32-33(34(31)39-26)36(43)25-10-6-5-9-24(25)35(32)42)38-15-16-40-17-19-41(20-18-40)28-11-7-8-12-29(28)44-4/h5-14,21-22,30,38H,15-20H2,1-4H3/p+1. The van der Waals surface area contributed by atoms with Gasteiger partial charge in [-0.1, -0.05) is 63.2 Å². The maximum absolute atomic E-state index is 14.0. The number of para-hydroxylation sites is 2. The number of hydrogen-bond acceptors (Lipinski definition) is 7. The molecular weight excluding hydrogens is 564 g/mol. The van der Waals surface area contributed by atoms with E-state index in [2.05, 4.69) is 59.1 Å². The minimum absolute atomic E-state index is 0.0288. The highest BCUT2D eigenvalue weighted by Crippen LogP contribution is 2.42. The fraction of sp³-hybridized carbons (Fsp3) is 0.324. The lowest BCUT2D eigenvalue weighted by molar-refractivity contribution is -0.362. The number of ketones is 2. The summed E-state index contributed by atoms with van der Waals surface area (Å²) < 4.78 is 12.1. The van der Waals surface area contributed by atoms with Crippen molar-refractivity contribution in [3.63, 3.8) is 0 Å². The van der Waals surface area contributed by atoms with Crippen molar-refractivity contribution in [2.45, 2.75) is 26.9 Å². The van der Waals surface area contributed by atoms with Crippen molar-refractivity contribution in [1.82, 2.24) is 4.90 Å². The molecule has 0 bridgehead atoms. The molecule has 0 saturated carbocycles. The van der Waals surface area contributed by atoms with Crippen molar-refractivity contribution < 1.29 is 24.1 Å². The van der Waals surface area contributed by atoms with Gasteiger partial charge >= 0.3 is 0 Å². The molecule has 1 unspecified atom stereocenters. The Bertz CT molecular complexity index is 1790. The van der Waals surface area contributed by atoms with Crippen LogP contribution in [0.25, 0.3) is 0 Å². The van der Waals surface area contributed by atoms with Gasteiger partial charge in [0, 0.05) is 62.5 Å². The molecule has 0 radical (unpaired) electrons. The van der Waals surface area contributed by atoms with Crippen LogP contribution in [0.2, 0.25) is 0 Å². The van der Waals surface area contributed by atoms with Crippen molar-refractivity contribution in [2.75, 3.05) is 56.6 Å². The fourth-order valence-corrected chi connectivity index (χ4v) is 6.65. The smallest absolute Gasteiger partial charge is 0.258 e. The van der Waals surface area contributed by atoms with E-state index in [1.165, 1.54) is 5.57 Å². The van der Waals surface area contributed by atoms with E-state index in [1.807, 2.05) is 30.3 Å². The van der Waals surface area contributed by atoms with Crippen LogP contribution in [0.5, 0.6) is 11.5 Å². The van der Waals surface area contributed by atoms with Crippen LogP contribution >= 0.6 is 0 Å². The summed E-state index contributed by atoms with van der Waals surface area (Å²) in [6.45, 7) is 11.6. The predicted molar refractivity (Wildman–Crippen MR) is 177 cm³/mol. The van der Waals surface area contributed by atoms with E-state index in [1.54, 1.807) is 31.4 Å². The lowest BCUT2D eigenvalue weighted by atomic mass is 9.81. The van der Waals surface area contributed by atoms with Crippen molar-refractivity contribution >= 4 is 34.3 Å². The Hall–Kier alpha value is -4.69. The number of nitrogens with zero attached hydrogens (tertiary/aromatic N) is 2. The number of allylic oxidation sites excluding steroid dienone is 2. The lowest BCUT2D eigenvalue weighted by Crippen LogP contribution is -2.72. The van der Waals surface area contributed by atoms with Gasteiger partial charge in [-0.3, -0.25) is 14.5 Å². The van der Waals surface area contributed by atoms with Crippen molar-refractivity contribution in [3.05, 3.63) is 101 Å². The molecule has 1 saturated heterocycles. The number of fused-ring (bicyclic) bond motifs is 5. The summed E-state index contributed by atoms with van der Waals surface area (Å²) in [5.74, 6) is 1.13. The number of methoxy groups -OCH3 is 1. The zero-order valence-electron chi connectivity index (χ0n) is 26.3. The molecule has 8 heteroatoms. The van der Waals surface area contributed by atoms with Gasteiger partial charge in [-0.05, 0) is 29.2 Å². The lowest BCUT2D eigenvalue weighted by Gasteiger charge is -2.36. The van der Waals surface area contributed by atoms with Crippen LogP contribution in [0.1, 0.15) is 52.6 Å². The predicted octanol–water partition coefficient (Wildman–Crippen LogP) is 4.16. The maximum Gasteiger partial charge on any atom is 0.258 e. The van der Waals surface area contributed by atoms with Crippen molar-refractivity contribution in [3.8, 4) is 11.5 Å². The first-order valence-electron chi connectivity index (χ1n) is 15.7. The van der Waals surface area contributed by atoms with Crippen LogP contribution in [0.4, 0.5) is 17.1 Å². The SMILES string of the molecule is COc1ccccc1N1CCN(CCNc2cc3c(c4c2C(=O)c2ccccc2C4=O)[NH+]=C2C=CC(C(C)(C)C)=CC2O3)CC1. The molecule has 230 valence electrons. The molecule has 3 aromatic rings. The topological polar surface area (TPSA) is 85.1 Å². The second-order valence-electron chi connectivity index (χ2n) is 13.0. The minimum atomic E-state index is -0.302. The normalized spacial score (nSPS) is 19.0. The van der Waals surface area contributed by atoms with Gasteiger partial charge in [0.25, 0.3) is 5.69 Å². The number of carbonyl (C=O) groups is 2. The number of nitrogens with one attached hydrogen (secondary N) is 2. The van der Waals surface area contributed by atoms with Crippen LogP contribution in [0, 0.1) is 5.41 Å². The van der Waals surface area contributed by atoms with E-state index < -0.39 is 0 Å². The number of carbonyl (C=O) groups excluding carboxylic acids is 2. The highest BCUT2D eigenvalue weighted by Gasteiger charge is 2.41. The third-order valence-corrected chi connectivity index (χ3v) is 9.17. The largest absolute Gasteiger partial charge is 0.495 e. The molecule has 2 heterocycles. The molecule has 4 aliphatic rings. The molecule has 3 aromatic carbocycles. The van der Waals surface area contributed by atoms with E-state index in [9.17, 15) is 9.59 Å². The molecule has 2 N–H and O–H groups in total. The Balaban J connectivity index is 1.15. The molecule has 0 aromatic heterocycles. The van der Waals surface area contributed by atoms with Crippen molar-refractivity contribution in [1.29, 1.82) is 0 Å². The molecule has 2 aliphatic carbocycles. The van der Waals surface area contributed by atoms with Gasteiger partial charge in [0.15, 0.2) is 11.5 Å². The third kappa shape index (κ3) is 5.23. The zero-order chi connectivity index (χ0) is 31.3. The Morgan fingerprint density at radius 3 is 2.33 bits per heavy atom. The molecular formula is C37H39N4O4+. The highest BCUT2D eigenvalue weighted by molar-refractivity contribution is 6.32. The second-order valence-corrected chi connectivity index (χ2v) is 13.0. The Morgan fingerprint density at radius 2 is 1.62 bits per heavy atom. The fourth-order valence-electron chi connectivity index (χ4n) is 6.65. The summed E-state index contributed by atoms with van der Waals surface area (Å²) >= 11 is 0.